The van der Waals surface area contributed by atoms with Crippen LogP contribution in [0.1, 0.15) is 11.1 Å². The lowest BCUT2D eigenvalue weighted by Gasteiger charge is -2.02. The van der Waals surface area contributed by atoms with Gasteiger partial charge in [-0.1, -0.05) is 29.3 Å². The Bertz CT molecular complexity index is 1080. The summed E-state index contributed by atoms with van der Waals surface area (Å²) in [6, 6.07) is 11.5. The van der Waals surface area contributed by atoms with Crippen molar-refractivity contribution in [3.8, 4) is 6.07 Å². The number of benzene rings is 2. The van der Waals surface area contributed by atoms with Crippen LogP contribution in [-0.2, 0) is 0 Å². The summed E-state index contributed by atoms with van der Waals surface area (Å²) >= 11 is 11.9. The molecule has 0 saturated heterocycles. The molecule has 5 nitrogen and oxygen atoms in total. The largest absolute Gasteiger partial charge is 0.439 e. The van der Waals surface area contributed by atoms with Crippen LogP contribution < -0.4 is 11.2 Å². The lowest BCUT2D eigenvalue weighted by Crippen LogP contribution is -2.09. The van der Waals surface area contributed by atoms with E-state index < -0.39 is 5.43 Å². The van der Waals surface area contributed by atoms with E-state index in [4.69, 9.17) is 38.6 Å². The minimum Gasteiger partial charge on any atom is -0.439 e. The predicted molar refractivity (Wildman–Crippen MR) is 95.3 cm³/mol. The maximum Gasteiger partial charge on any atom is 0.212 e. The van der Waals surface area contributed by atoms with Gasteiger partial charge in [0.25, 0.3) is 0 Å². The second-order valence-corrected chi connectivity index (χ2v) is 5.73. The summed E-state index contributed by atoms with van der Waals surface area (Å²) in [5.41, 5.74) is 6.42. The van der Waals surface area contributed by atoms with Gasteiger partial charge < -0.3 is 10.2 Å². The number of hydrogen-bond acceptors (Lipinski definition) is 5. The molecule has 0 atom stereocenters. The van der Waals surface area contributed by atoms with E-state index >= 15 is 0 Å². The Morgan fingerprint density at radius 3 is 2.71 bits per heavy atom. The average Bonchev–Trinajstić information content (AvgIpc) is 2.54. The van der Waals surface area contributed by atoms with Crippen LogP contribution in [-0.4, -0.2) is 6.21 Å². The number of nitrogens with zero attached hydrogens (tertiary/aromatic N) is 2. The highest BCUT2D eigenvalue weighted by Crippen LogP contribution is 2.24. The molecule has 0 bridgehead atoms. The molecule has 1 heterocycles. The van der Waals surface area contributed by atoms with Gasteiger partial charge in [-0.3, -0.25) is 9.79 Å². The minimum atomic E-state index is -0.465. The Hall–Kier alpha value is -2.81. The molecule has 0 aliphatic heterocycles. The number of halogens is 2. The third kappa shape index (κ3) is 2.98. The van der Waals surface area contributed by atoms with Gasteiger partial charge >= 0.3 is 0 Å². The summed E-state index contributed by atoms with van der Waals surface area (Å²) in [6.07, 6.45) is 1.57. The topological polar surface area (TPSA) is 92.4 Å². The average molecular weight is 358 g/mol. The molecule has 0 aliphatic carbocycles. The van der Waals surface area contributed by atoms with Crippen LogP contribution in [0.3, 0.4) is 0 Å². The van der Waals surface area contributed by atoms with Crippen LogP contribution in [0.5, 0.6) is 0 Å². The van der Waals surface area contributed by atoms with Gasteiger partial charge in [-0.25, -0.2) is 0 Å². The summed E-state index contributed by atoms with van der Waals surface area (Å²) in [5.74, 6) is -0.211. The fraction of sp³-hybridized carbons (Fsp3) is 0. The number of nitriles is 1. The van der Waals surface area contributed by atoms with Crippen LogP contribution in [0.25, 0.3) is 11.0 Å². The van der Waals surface area contributed by atoms with E-state index in [0.717, 1.165) is 0 Å². The number of nitrogens with two attached hydrogens (primary N) is 1. The second-order valence-electron chi connectivity index (χ2n) is 4.89. The van der Waals surface area contributed by atoms with Crippen molar-refractivity contribution >= 4 is 52.0 Å². The number of hydrogen-bond donors (Lipinski definition) is 1. The molecule has 0 spiro atoms. The molecule has 0 radical (unpaired) electrons. The van der Waals surface area contributed by atoms with Gasteiger partial charge in [-0.2, -0.15) is 5.26 Å². The molecule has 118 valence electrons. The first-order valence-electron chi connectivity index (χ1n) is 6.75. The predicted octanol–water partition coefficient (Wildman–Crippen LogP) is 4.30. The molecular weight excluding hydrogens is 349 g/mol. The Kier molecular flexibility index (Phi) is 4.26. The van der Waals surface area contributed by atoms with E-state index in [1.54, 1.807) is 42.6 Å². The van der Waals surface area contributed by atoms with E-state index in [1.807, 2.05) is 0 Å². The van der Waals surface area contributed by atoms with Crippen LogP contribution in [0.15, 0.2) is 50.6 Å². The Balaban J connectivity index is 2.04. The summed E-state index contributed by atoms with van der Waals surface area (Å²) in [7, 11) is 0. The quantitative estimate of drug-likeness (QED) is 0.691. The molecule has 0 amide bonds. The number of fused-ring (bicyclic) bond motifs is 1. The molecule has 3 aromatic rings. The highest BCUT2D eigenvalue weighted by molar-refractivity contribution is 6.36. The van der Waals surface area contributed by atoms with Gasteiger partial charge in [0.05, 0.1) is 16.1 Å². The van der Waals surface area contributed by atoms with Gasteiger partial charge in [0.15, 0.2) is 5.56 Å². The fourth-order valence-corrected chi connectivity index (χ4v) is 2.59. The van der Waals surface area contributed by atoms with E-state index in [9.17, 15) is 4.79 Å². The molecule has 3 rings (SSSR count). The normalized spacial score (nSPS) is 11.0. The van der Waals surface area contributed by atoms with E-state index in [0.29, 0.717) is 21.3 Å². The van der Waals surface area contributed by atoms with Gasteiger partial charge in [0.2, 0.25) is 11.3 Å². The number of aliphatic imine (C=N–C) groups is 1. The Morgan fingerprint density at radius 1 is 1.21 bits per heavy atom. The molecule has 1 aromatic heterocycles. The summed E-state index contributed by atoms with van der Waals surface area (Å²) < 4.78 is 5.33. The third-order valence-electron chi connectivity index (χ3n) is 3.33. The molecule has 0 saturated carbocycles. The number of nitrogen functional groups attached to an aromatic ring is 1. The van der Waals surface area contributed by atoms with Crippen molar-refractivity contribution in [1.29, 1.82) is 5.26 Å². The summed E-state index contributed by atoms with van der Waals surface area (Å²) in [6.45, 7) is 0. The SMILES string of the molecule is N#Cc1c(N)oc2cc(N=Cc3ccc(Cl)cc3Cl)ccc2c1=O. The molecule has 7 heteroatoms. The Labute approximate surface area is 146 Å². The monoisotopic (exact) mass is 357 g/mol. The molecular formula is C17H9Cl2N3O2. The fourth-order valence-electron chi connectivity index (χ4n) is 2.14. The van der Waals surface area contributed by atoms with Crippen LogP contribution in [0.4, 0.5) is 11.6 Å². The van der Waals surface area contributed by atoms with Gasteiger partial charge in [-0.05, 0) is 24.3 Å². The number of anilines is 1. The van der Waals surface area contributed by atoms with Crippen LogP contribution in [0, 0.1) is 11.3 Å². The van der Waals surface area contributed by atoms with Gasteiger partial charge in [0, 0.05) is 22.9 Å². The molecule has 2 aromatic carbocycles. The van der Waals surface area contributed by atoms with Crippen LogP contribution >= 0.6 is 23.2 Å². The van der Waals surface area contributed by atoms with Crippen molar-refractivity contribution in [3.63, 3.8) is 0 Å². The standard InChI is InChI=1S/C17H9Cl2N3O2/c18-10-2-1-9(14(19)5-10)8-22-11-3-4-12-15(6-11)24-17(21)13(7-20)16(12)23/h1-6,8H,21H2. The van der Waals surface area contributed by atoms with Crippen molar-refractivity contribution in [2.24, 2.45) is 4.99 Å². The van der Waals surface area contributed by atoms with E-state index in [2.05, 4.69) is 4.99 Å². The summed E-state index contributed by atoms with van der Waals surface area (Å²) in [4.78, 5) is 16.4. The van der Waals surface area contributed by atoms with Crippen molar-refractivity contribution in [1.82, 2.24) is 0 Å². The smallest absolute Gasteiger partial charge is 0.212 e. The molecule has 24 heavy (non-hydrogen) atoms. The minimum absolute atomic E-state index is 0.202. The maximum absolute atomic E-state index is 12.1. The zero-order valence-electron chi connectivity index (χ0n) is 12.1. The highest BCUT2D eigenvalue weighted by atomic mass is 35.5. The summed E-state index contributed by atoms with van der Waals surface area (Å²) in [5, 5.41) is 10.2. The van der Waals surface area contributed by atoms with Gasteiger partial charge in [0.1, 0.15) is 11.7 Å². The van der Waals surface area contributed by atoms with Crippen LogP contribution in [0.2, 0.25) is 10.0 Å². The second kappa shape index (κ2) is 6.36. The lowest BCUT2D eigenvalue weighted by molar-refractivity contribution is 0.623. The zero-order chi connectivity index (χ0) is 17.3. The van der Waals surface area contributed by atoms with E-state index in [1.165, 1.54) is 6.07 Å². The Morgan fingerprint density at radius 2 is 2.00 bits per heavy atom. The van der Waals surface area contributed by atoms with Crippen molar-refractivity contribution in [2.75, 3.05) is 5.73 Å². The van der Waals surface area contributed by atoms with Crippen molar-refractivity contribution in [3.05, 3.63) is 67.8 Å². The highest BCUT2D eigenvalue weighted by Gasteiger charge is 2.11. The number of rotatable bonds is 2. The van der Waals surface area contributed by atoms with Crippen molar-refractivity contribution in [2.45, 2.75) is 0 Å². The molecule has 0 unspecified atom stereocenters. The van der Waals surface area contributed by atoms with Gasteiger partial charge in [-0.15, -0.1) is 0 Å². The lowest BCUT2D eigenvalue weighted by atomic mass is 10.1. The van der Waals surface area contributed by atoms with E-state index in [-0.39, 0.29) is 22.4 Å². The molecule has 0 aliphatic rings. The first-order chi connectivity index (χ1) is 11.5. The first-order valence-corrected chi connectivity index (χ1v) is 7.51. The maximum atomic E-state index is 12.1. The molecule has 0 fully saturated rings. The molecule has 2 N–H and O–H groups in total. The first kappa shape index (κ1) is 16.1. The van der Waals surface area contributed by atoms with Crippen molar-refractivity contribution < 1.29 is 4.42 Å². The zero-order valence-corrected chi connectivity index (χ0v) is 13.6. The third-order valence-corrected chi connectivity index (χ3v) is 3.89.